The number of hydrogen-bond acceptors (Lipinski definition) is 2. The average Bonchev–Trinajstić information content (AvgIpc) is 2.64. The normalized spacial score (nSPS) is 28.6. The quantitative estimate of drug-likeness (QED) is 0.860. The fourth-order valence-corrected chi connectivity index (χ4v) is 3.19. The first-order valence-electron chi connectivity index (χ1n) is 6.87. The Kier molecular flexibility index (Phi) is 3.33. The highest BCUT2D eigenvalue weighted by molar-refractivity contribution is 5.76. The fourth-order valence-electron chi connectivity index (χ4n) is 3.19. The van der Waals surface area contributed by atoms with Crippen molar-refractivity contribution >= 4 is 5.91 Å². The van der Waals surface area contributed by atoms with Crippen LogP contribution < -0.4 is 5.32 Å². The molecule has 0 aromatic heterocycles. The second-order valence-electron chi connectivity index (χ2n) is 5.51. The lowest BCUT2D eigenvalue weighted by molar-refractivity contribution is -0.121. The van der Waals surface area contributed by atoms with Gasteiger partial charge in [0.1, 0.15) is 0 Å². The van der Waals surface area contributed by atoms with Crippen LogP contribution in [0, 0.1) is 5.92 Å². The molecule has 1 N–H and O–H groups in total. The molecule has 3 nitrogen and oxygen atoms in total. The Hall–Kier alpha value is -1.35. The van der Waals surface area contributed by atoms with Crippen LogP contribution in [-0.4, -0.2) is 29.9 Å². The molecule has 3 rings (SSSR count). The summed E-state index contributed by atoms with van der Waals surface area (Å²) in [5.74, 6) is 0.893. The third-order valence-electron chi connectivity index (χ3n) is 4.09. The maximum Gasteiger partial charge on any atom is 0.220 e. The number of amides is 1. The minimum Gasteiger partial charge on any atom is -0.352 e. The molecule has 96 valence electrons. The molecule has 0 bridgehead atoms. The third kappa shape index (κ3) is 2.56. The van der Waals surface area contributed by atoms with Crippen molar-refractivity contribution < 1.29 is 4.79 Å². The number of carbonyl (C=O) groups is 1. The van der Waals surface area contributed by atoms with E-state index in [0.717, 1.165) is 26.1 Å². The molecule has 2 aliphatic rings. The molecule has 2 heterocycles. The smallest absolute Gasteiger partial charge is 0.220 e. The highest BCUT2D eigenvalue weighted by atomic mass is 16.1. The number of benzene rings is 1. The zero-order valence-corrected chi connectivity index (χ0v) is 10.6. The molecule has 1 aromatic carbocycles. The highest BCUT2D eigenvalue weighted by Crippen LogP contribution is 2.26. The van der Waals surface area contributed by atoms with Crippen LogP contribution in [0.2, 0.25) is 0 Å². The Bertz CT molecular complexity index is 418. The molecule has 18 heavy (non-hydrogen) atoms. The van der Waals surface area contributed by atoms with E-state index in [9.17, 15) is 4.79 Å². The van der Waals surface area contributed by atoms with Crippen LogP contribution in [0.15, 0.2) is 30.3 Å². The van der Waals surface area contributed by atoms with E-state index in [4.69, 9.17) is 0 Å². The molecule has 2 saturated heterocycles. The molecule has 2 fully saturated rings. The Morgan fingerprint density at radius 2 is 2.06 bits per heavy atom. The largest absolute Gasteiger partial charge is 0.352 e. The van der Waals surface area contributed by atoms with Crippen molar-refractivity contribution in [1.29, 1.82) is 0 Å². The topological polar surface area (TPSA) is 32.3 Å². The molecule has 3 heteroatoms. The summed E-state index contributed by atoms with van der Waals surface area (Å²) in [4.78, 5) is 14.0. The van der Waals surface area contributed by atoms with Gasteiger partial charge in [0.15, 0.2) is 0 Å². The summed E-state index contributed by atoms with van der Waals surface area (Å²) in [7, 11) is 0. The highest BCUT2D eigenvalue weighted by Gasteiger charge is 2.34. The summed E-state index contributed by atoms with van der Waals surface area (Å²) in [6.45, 7) is 3.13. The van der Waals surface area contributed by atoms with E-state index in [1.54, 1.807) is 0 Å². The summed E-state index contributed by atoms with van der Waals surface area (Å²) < 4.78 is 0. The second kappa shape index (κ2) is 5.11. The molecule has 0 saturated carbocycles. The summed E-state index contributed by atoms with van der Waals surface area (Å²) in [6, 6.07) is 11.0. The van der Waals surface area contributed by atoms with Crippen molar-refractivity contribution in [1.82, 2.24) is 10.2 Å². The number of hydrogen-bond donors (Lipinski definition) is 1. The van der Waals surface area contributed by atoms with Gasteiger partial charge in [0.25, 0.3) is 0 Å². The van der Waals surface area contributed by atoms with E-state index in [1.807, 2.05) is 0 Å². The number of likely N-dealkylation sites (tertiary alicyclic amines) is 1. The van der Waals surface area contributed by atoms with Crippen LogP contribution in [-0.2, 0) is 11.3 Å². The van der Waals surface area contributed by atoms with Crippen LogP contribution in [0.5, 0.6) is 0 Å². The van der Waals surface area contributed by atoms with Gasteiger partial charge in [-0.2, -0.15) is 0 Å². The first kappa shape index (κ1) is 11.7. The molecule has 1 amide bonds. The van der Waals surface area contributed by atoms with Gasteiger partial charge >= 0.3 is 0 Å². The molecule has 2 unspecified atom stereocenters. The predicted octanol–water partition coefficient (Wildman–Crippen LogP) is 1.79. The van der Waals surface area contributed by atoms with Gasteiger partial charge < -0.3 is 5.32 Å². The van der Waals surface area contributed by atoms with E-state index in [-0.39, 0.29) is 5.91 Å². The van der Waals surface area contributed by atoms with Crippen LogP contribution in [0.1, 0.15) is 24.8 Å². The summed E-state index contributed by atoms with van der Waals surface area (Å²) in [6.07, 6.45) is 2.95. The maximum atomic E-state index is 11.6. The van der Waals surface area contributed by atoms with Crippen LogP contribution in [0.25, 0.3) is 0 Å². The third-order valence-corrected chi connectivity index (χ3v) is 4.09. The summed E-state index contributed by atoms with van der Waals surface area (Å²) in [5.41, 5.74) is 1.36. The molecule has 0 spiro atoms. The van der Waals surface area contributed by atoms with Gasteiger partial charge in [-0.15, -0.1) is 0 Å². The number of rotatable bonds is 2. The van der Waals surface area contributed by atoms with Gasteiger partial charge in [0, 0.05) is 32.1 Å². The van der Waals surface area contributed by atoms with E-state index in [1.165, 1.54) is 12.0 Å². The molecule has 2 aliphatic heterocycles. The molecular weight excluding hydrogens is 224 g/mol. The SMILES string of the molecule is O=C1CCCC2CN(Cc3ccccc3)CC2N1. The lowest BCUT2D eigenvalue weighted by atomic mass is 9.99. The van der Waals surface area contributed by atoms with Gasteiger partial charge in [-0.1, -0.05) is 30.3 Å². The van der Waals surface area contributed by atoms with Crippen molar-refractivity contribution in [3.05, 3.63) is 35.9 Å². The van der Waals surface area contributed by atoms with E-state index in [0.29, 0.717) is 18.4 Å². The van der Waals surface area contributed by atoms with Crippen molar-refractivity contribution in [2.75, 3.05) is 13.1 Å². The number of fused-ring (bicyclic) bond motifs is 1. The van der Waals surface area contributed by atoms with E-state index >= 15 is 0 Å². The van der Waals surface area contributed by atoms with Crippen molar-refractivity contribution in [2.24, 2.45) is 5.92 Å². The first-order valence-corrected chi connectivity index (χ1v) is 6.87. The van der Waals surface area contributed by atoms with Crippen LogP contribution >= 0.6 is 0 Å². The second-order valence-corrected chi connectivity index (χ2v) is 5.51. The van der Waals surface area contributed by atoms with Crippen LogP contribution in [0.3, 0.4) is 0 Å². The lowest BCUT2D eigenvalue weighted by Gasteiger charge is -2.16. The Morgan fingerprint density at radius 3 is 2.89 bits per heavy atom. The first-order chi connectivity index (χ1) is 8.81. The van der Waals surface area contributed by atoms with Gasteiger partial charge in [-0.05, 0) is 24.3 Å². The predicted molar refractivity (Wildman–Crippen MR) is 71.0 cm³/mol. The van der Waals surface area contributed by atoms with Crippen molar-refractivity contribution in [3.63, 3.8) is 0 Å². The summed E-state index contributed by atoms with van der Waals surface area (Å²) >= 11 is 0. The number of carbonyl (C=O) groups excluding carboxylic acids is 1. The van der Waals surface area contributed by atoms with Crippen molar-refractivity contribution in [3.8, 4) is 0 Å². The van der Waals surface area contributed by atoms with E-state index in [2.05, 4.69) is 40.5 Å². The Labute approximate surface area is 108 Å². The van der Waals surface area contributed by atoms with Gasteiger partial charge in [-0.25, -0.2) is 0 Å². The van der Waals surface area contributed by atoms with Crippen molar-refractivity contribution in [2.45, 2.75) is 31.8 Å². The number of nitrogens with one attached hydrogen (secondary N) is 1. The Morgan fingerprint density at radius 1 is 1.22 bits per heavy atom. The maximum absolute atomic E-state index is 11.6. The Balaban J connectivity index is 1.63. The molecular formula is C15H20N2O. The zero-order chi connectivity index (χ0) is 12.4. The van der Waals surface area contributed by atoms with Gasteiger partial charge in [-0.3, -0.25) is 9.69 Å². The molecule has 2 atom stereocenters. The summed E-state index contributed by atoms with van der Waals surface area (Å²) in [5, 5.41) is 3.18. The minimum absolute atomic E-state index is 0.240. The van der Waals surface area contributed by atoms with Crippen LogP contribution in [0.4, 0.5) is 0 Å². The molecule has 1 aromatic rings. The minimum atomic E-state index is 0.240. The standard InChI is InChI=1S/C15H20N2O/c18-15-8-4-7-13-10-17(11-14(13)16-15)9-12-5-2-1-3-6-12/h1-3,5-6,13-14H,4,7-11H2,(H,16,18). The average molecular weight is 244 g/mol. The van der Waals surface area contributed by atoms with Gasteiger partial charge in [0.05, 0.1) is 0 Å². The van der Waals surface area contributed by atoms with E-state index < -0.39 is 0 Å². The van der Waals surface area contributed by atoms with Gasteiger partial charge in [0.2, 0.25) is 5.91 Å². The number of nitrogens with zero attached hydrogens (tertiary/aromatic N) is 1. The fraction of sp³-hybridized carbons (Fsp3) is 0.533. The zero-order valence-electron chi connectivity index (χ0n) is 10.6. The monoisotopic (exact) mass is 244 g/mol. The molecule has 0 radical (unpaired) electrons. The molecule has 0 aliphatic carbocycles. The lowest BCUT2D eigenvalue weighted by Crippen LogP contribution is -2.38.